The van der Waals surface area contributed by atoms with Gasteiger partial charge in [0.05, 0.1) is 11.6 Å². The highest BCUT2D eigenvalue weighted by Gasteiger charge is 2.42. The summed E-state index contributed by atoms with van der Waals surface area (Å²) >= 11 is 6.25. The fourth-order valence-electron chi connectivity index (χ4n) is 3.33. The summed E-state index contributed by atoms with van der Waals surface area (Å²) in [6.45, 7) is 7.31. The molecule has 0 saturated heterocycles. The lowest BCUT2D eigenvalue weighted by atomic mass is 9.78. The van der Waals surface area contributed by atoms with Crippen molar-refractivity contribution in [1.82, 2.24) is 0 Å². The van der Waals surface area contributed by atoms with Gasteiger partial charge in [0, 0.05) is 12.3 Å². The Morgan fingerprint density at radius 2 is 2.21 bits per heavy atom. The number of benzene rings is 1. The van der Waals surface area contributed by atoms with E-state index in [2.05, 4.69) is 12.2 Å². The number of carbonyl (C=O) groups is 1. The van der Waals surface area contributed by atoms with Gasteiger partial charge in [-0.1, -0.05) is 31.9 Å². The maximum absolute atomic E-state index is 12.9. The standard InChI is InChI=1S/C19H28ClNO3/c1-4-11-23-17-9-8-15(12-16(17)20)21-18(22)19(24-5-2)10-6-7-14(3)13-19/h8-9,12,14H,4-7,10-11,13H2,1-3H3,(H,21,22)/t14-,19+/m1/s1. The number of rotatable bonds is 7. The number of nitrogens with one attached hydrogen (secondary N) is 1. The van der Waals surface area contributed by atoms with E-state index in [1.54, 1.807) is 12.1 Å². The van der Waals surface area contributed by atoms with Crippen LogP contribution in [-0.4, -0.2) is 24.7 Å². The van der Waals surface area contributed by atoms with Crippen LogP contribution in [0.2, 0.25) is 5.02 Å². The van der Waals surface area contributed by atoms with Crippen molar-refractivity contribution in [2.24, 2.45) is 5.92 Å². The summed E-state index contributed by atoms with van der Waals surface area (Å²) in [5, 5.41) is 3.48. The van der Waals surface area contributed by atoms with E-state index in [0.717, 1.165) is 32.1 Å². The molecule has 5 heteroatoms. The van der Waals surface area contributed by atoms with Gasteiger partial charge < -0.3 is 14.8 Å². The van der Waals surface area contributed by atoms with Crippen molar-refractivity contribution >= 4 is 23.2 Å². The summed E-state index contributed by atoms with van der Waals surface area (Å²) in [6.07, 6.45) is 4.61. The Morgan fingerprint density at radius 1 is 1.42 bits per heavy atom. The average molecular weight is 354 g/mol. The van der Waals surface area contributed by atoms with Gasteiger partial charge in [-0.3, -0.25) is 4.79 Å². The van der Waals surface area contributed by atoms with Crippen LogP contribution < -0.4 is 10.1 Å². The van der Waals surface area contributed by atoms with Crippen LogP contribution in [0.15, 0.2) is 18.2 Å². The van der Waals surface area contributed by atoms with Crippen LogP contribution >= 0.6 is 11.6 Å². The predicted molar refractivity (Wildman–Crippen MR) is 97.9 cm³/mol. The monoisotopic (exact) mass is 353 g/mol. The van der Waals surface area contributed by atoms with Gasteiger partial charge in [0.15, 0.2) is 0 Å². The van der Waals surface area contributed by atoms with E-state index in [9.17, 15) is 4.79 Å². The number of halogens is 1. The molecule has 0 radical (unpaired) electrons. The molecule has 1 aromatic carbocycles. The highest BCUT2D eigenvalue weighted by Crippen LogP contribution is 2.36. The zero-order valence-corrected chi connectivity index (χ0v) is 15.6. The molecule has 1 aliphatic rings. The Labute approximate surface area is 149 Å². The van der Waals surface area contributed by atoms with Gasteiger partial charge in [-0.15, -0.1) is 0 Å². The maximum Gasteiger partial charge on any atom is 0.256 e. The summed E-state index contributed by atoms with van der Waals surface area (Å²) in [7, 11) is 0. The minimum Gasteiger partial charge on any atom is -0.492 e. The van der Waals surface area contributed by atoms with E-state index in [1.165, 1.54) is 0 Å². The molecule has 0 unspecified atom stereocenters. The summed E-state index contributed by atoms with van der Waals surface area (Å²) < 4.78 is 11.5. The van der Waals surface area contributed by atoms with Crippen LogP contribution in [0.1, 0.15) is 52.9 Å². The van der Waals surface area contributed by atoms with E-state index >= 15 is 0 Å². The number of ether oxygens (including phenoxy) is 2. The lowest BCUT2D eigenvalue weighted by Crippen LogP contribution is -2.48. The second kappa shape index (κ2) is 8.72. The van der Waals surface area contributed by atoms with Crippen molar-refractivity contribution in [2.45, 2.75) is 58.5 Å². The first-order valence-electron chi connectivity index (χ1n) is 8.88. The molecule has 1 aromatic rings. The van der Waals surface area contributed by atoms with Crippen molar-refractivity contribution < 1.29 is 14.3 Å². The van der Waals surface area contributed by atoms with Gasteiger partial charge in [-0.25, -0.2) is 0 Å². The van der Waals surface area contributed by atoms with Crippen molar-refractivity contribution in [2.75, 3.05) is 18.5 Å². The zero-order chi connectivity index (χ0) is 17.6. The lowest BCUT2D eigenvalue weighted by molar-refractivity contribution is -0.147. The molecule has 0 bridgehead atoms. The van der Waals surface area contributed by atoms with Gasteiger partial charge in [-0.05, 0) is 56.7 Å². The third-order valence-electron chi connectivity index (χ3n) is 4.44. The largest absolute Gasteiger partial charge is 0.492 e. The molecule has 0 aliphatic heterocycles. The van der Waals surface area contributed by atoms with Crippen molar-refractivity contribution in [1.29, 1.82) is 0 Å². The van der Waals surface area contributed by atoms with E-state index in [4.69, 9.17) is 21.1 Å². The molecule has 1 saturated carbocycles. The molecule has 1 amide bonds. The first kappa shape index (κ1) is 19.1. The molecule has 0 aromatic heterocycles. The van der Waals surface area contributed by atoms with Gasteiger partial charge in [-0.2, -0.15) is 0 Å². The van der Waals surface area contributed by atoms with Crippen LogP contribution in [0.4, 0.5) is 5.69 Å². The van der Waals surface area contributed by atoms with Crippen molar-refractivity contribution in [3.63, 3.8) is 0 Å². The van der Waals surface area contributed by atoms with Crippen LogP contribution in [0.3, 0.4) is 0 Å². The van der Waals surface area contributed by atoms with Crippen LogP contribution in [0.5, 0.6) is 5.75 Å². The van der Waals surface area contributed by atoms with Crippen molar-refractivity contribution in [3.8, 4) is 5.75 Å². The summed E-state index contributed by atoms with van der Waals surface area (Å²) in [5.41, 5.74) is -0.0536. The highest BCUT2D eigenvalue weighted by molar-refractivity contribution is 6.32. The maximum atomic E-state index is 12.9. The third kappa shape index (κ3) is 4.64. The summed E-state index contributed by atoms with van der Waals surface area (Å²) in [4.78, 5) is 12.9. The zero-order valence-electron chi connectivity index (χ0n) is 14.9. The molecular weight excluding hydrogens is 326 g/mol. The fraction of sp³-hybridized carbons (Fsp3) is 0.632. The number of carbonyl (C=O) groups excluding carboxylic acids is 1. The molecule has 1 aliphatic carbocycles. The summed E-state index contributed by atoms with van der Waals surface area (Å²) in [5.74, 6) is 1.06. The number of amides is 1. The molecule has 1 fully saturated rings. The fourth-order valence-corrected chi connectivity index (χ4v) is 3.57. The van der Waals surface area contributed by atoms with E-state index in [-0.39, 0.29) is 5.91 Å². The lowest BCUT2D eigenvalue weighted by Gasteiger charge is -2.38. The molecule has 2 atom stereocenters. The van der Waals surface area contributed by atoms with Crippen LogP contribution in [0, 0.1) is 5.92 Å². The normalized spacial score (nSPS) is 23.8. The van der Waals surface area contributed by atoms with Gasteiger partial charge in [0.25, 0.3) is 5.91 Å². The SMILES string of the molecule is CCCOc1ccc(NC(=O)[C@]2(OCC)CCC[C@@H](C)C2)cc1Cl. The molecule has 2 rings (SSSR count). The minimum absolute atomic E-state index is 0.0748. The number of hydrogen-bond donors (Lipinski definition) is 1. The van der Waals surface area contributed by atoms with Crippen LogP contribution in [-0.2, 0) is 9.53 Å². The smallest absolute Gasteiger partial charge is 0.256 e. The molecule has 0 spiro atoms. The Morgan fingerprint density at radius 3 is 2.83 bits per heavy atom. The molecule has 134 valence electrons. The van der Waals surface area contributed by atoms with E-state index < -0.39 is 5.60 Å². The molecule has 24 heavy (non-hydrogen) atoms. The number of anilines is 1. The number of hydrogen-bond acceptors (Lipinski definition) is 3. The second-order valence-corrected chi connectivity index (χ2v) is 6.98. The Kier molecular flexibility index (Phi) is 6.93. The Bertz CT molecular complexity index is 560. The van der Waals surface area contributed by atoms with Gasteiger partial charge >= 0.3 is 0 Å². The van der Waals surface area contributed by atoms with Gasteiger partial charge in [0.2, 0.25) is 0 Å². The Balaban J connectivity index is 2.10. The van der Waals surface area contributed by atoms with Crippen molar-refractivity contribution in [3.05, 3.63) is 23.2 Å². The van der Waals surface area contributed by atoms with Crippen LogP contribution in [0.25, 0.3) is 0 Å². The molecule has 0 heterocycles. The first-order valence-corrected chi connectivity index (χ1v) is 9.26. The molecular formula is C19H28ClNO3. The average Bonchev–Trinajstić information content (AvgIpc) is 2.54. The van der Waals surface area contributed by atoms with E-state index in [1.807, 2.05) is 19.9 Å². The second-order valence-electron chi connectivity index (χ2n) is 6.58. The quantitative estimate of drug-likeness (QED) is 0.745. The summed E-state index contributed by atoms with van der Waals surface area (Å²) in [6, 6.07) is 5.35. The predicted octanol–water partition coefficient (Wildman–Crippen LogP) is 5.05. The topological polar surface area (TPSA) is 47.6 Å². The Hall–Kier alpha value is -1.26. The van der Waals surface area contributed by atoms with E-state index in [0.29, 0.717) is 35.6 Å². The van der Waals surface area contributed by atoms with Gasteiger partial charge in [0.1, 0.15) is 11.4 Å². The highest BCUT2D eigenvalue weighted by atomic mass is 35.5. The third-order valence-corrected chi connectivity index (χ3v) is 4.74. The minimum atomic E-state index is -0.726. The molecule has 4 nitrogen and oxygen atoms in total. The molecule has 1 N–H and O–H groups in total. The first-order chi connectivity index (χ1) is 11.5.